The van der Waals surface area contributed by atoms with Gasteiger partial charge in [0.25, 0.3) is 11.8 Å². The summed E-state index contributed by atoms with van der Waals surface area (Å²) in [6.07, 6.45) is 1.72. The Morgan fingerprint density at radius 1 is 1.24 bits per heavy atom. The lowest BCUT2D eigenvalue weighted by molar-refractivity contribution is -0.118. The zero-order valence-electron chi connectivity index (χ0n) is 15.4. The molecule has 3 rings (SSSR count). The van der Waals surface area contributed by atoms with Crippen LogP contribution in [0.1, 0.15) is 12.5 Å². The zero-order valence-corrected chi connectivity index (χ0v) is 17.7. The van der Waals surface area contributed by atoms with Gasteiger partial charge in [-0.1, -0.05) is 47.7 Å². The maximum absolute atomic E-state index is 12.1. The summed E-state index contributed by atoms with van der Waals surface area (Å²) >= 11 is 12.1. The SMILES string of the molecule is CCOc1cc(/C=C2\SC(=S)NC2=O)ccc1OCC(=O)Nc1cccc(Cl)c1. The summed E-state index contributed by atoms with van der Waals surface area (Å²) in [6.45, 7) is 2.07. The van der Waals surface area contributed by atoms with Gasteiger partial charge in [-0.2, -0.15) is 0 Å². The van der Waals surface area contributed by atoms with Gasteiger partial charge in [0.1, 0.15) is 4.32 Å². The van der Waals surface area contributed by atoms with Crippen LogP contribution < -0.4 is 20.1 Å². The molecular formula is C20H17ClN2O4S2. The van der Waals surface area contributed by atoms with Gasteiger partial charge in [0, 0.05) is 10.7 Å². The number of amides is 2. The van der Waals surface area contributed by atoms with Crippen LogP contribution in [0, 0.1) is 0 Å². The van der Waals surface area contributed by atoms with Gasteiger partial charge in [-0.15, -0.1) is 0 Å². The number of carbonyl (C=O) groups is 2. The van der Waals surface area contributed by atoms with E-state index in [9.17, 15) is 9.59 Å². The van der Waals surface area contributed by atoms with E-state index in [0.717, 1.165) is 5.56 Å². The molecule has 29 heavy (non-hydrogen) atoms. The molecule has 0 atom stereocenters. The van der Waals surface area contributed by atoms with E-state index in [2.05, 4.69) is 10.6 Å². The second-order valence-electron chi connectivity index (χ2n) is 5.84. The highest BCUT2D eigenvalue weighted by Gasteiger charge is 2.22. The van der Waals surface area contributed by atoms with Crippen LogP contribution >= 0.6 is 35.6 Å². The minimum Gasteiger partial charge on any atom is -0.490 e. The molecule has 0 bridgehead atoms. The number of anilines is 1. The van der Waals surface area contributed by atoms with Crippen LogP contribution in [0.2, 0.25) is 5.02 Å². The Hall–Kier alpha value is -2.55. The lowest BCUT2D eigenvalue weighted by Crippen LogP contribution is -2.20. The summed E-state index contributed by atoms with van der Waals surface area (Å²) in [4.78, 5) is 24.5. The van der Waals surface area contributed by atoms with E-state index in [0.29, 0.717) is 38.0 Å². The Kier molecular flexibility index (Phi) is 7.13. The molecule has 0 saturated carbocycles. The standard InChI is InChI=1S/C20H17ClN2O4S2/c1-2-26-16-8-12(9-17-19(25)23-20(28)29-17)6-7-15(16)27-11-18(24)22-14-5-3-4-13(21)10-14/h3-10H,2,11H2,1H3,(H,22,24)(H,23,25,28)/b17-9-. The molecule has 2 amide bonds. The number of halogens is 1. The largest absolute Gasteiger partial charge is 0.490 e. The van der Waals surface area contributed by atoms with Crippen molar-refractivity contribution in [2.24, 2.45) is 0 Å². The van der Waals surface area contributed by atoms with Gasteiger partial charge < -0.3 is 20.1 Å². The second kappa shape index (κ2) is 9.78. The van der Waals surface area contributed by atoms with Crippen LogP contribution in [0.15, 0.2) is 47.4 Å². The molecule has 0 aliphatic carbocycles. The molecule has 1 aliphatic rings. The van der Waals surface area contributed by atoms with Gasteiger partial charge in [0.15, 0.2) is 18.1 Å². The fourth-order valence-corrected chi connectivity index (χ4v) is 3.72. The summed E-state index contributed by atoms with van der Waals surface area (Å²) < 4.78 is 11.7. The molecule has 2 N–H and O–H groups in total. The van der Waals surface area contributed by atoms with Gasteiger partial charge in [0.2, 0.25) is 0 Å². The van der Waals surface area contributed by atoms with Gasteiger partial charge in [0.05, 0.1) is 11.5 Å². The number of carbonyl (C=O) groups excluding carboxylic acids is 2. The molecule has 0 spiro atoms. The van der Waals surface area contributed by atoms with Crippen LogP contribution in [0.25, 0.3) is 6.08 Å². The lowest BCUT2D eigenvalue weighted by atomic mass is 10.2. The molecule has 1 heterocycles. The van der Waals surface area contributed by atoms with Crippen LogP contribution in [0.5, 0.6) is 11.5 Å². The van der Waals surface area contributed by atoms with Gasteiger partial charge in [-0.05, 0) is 48.9 Å². The first kappa shape index (κ1) is 21.2. The van der Waals surface area contributed by atoms with Crippen molar-refractivity contribution < 1.29 is 19.1 Å². The number of hydrogen-bond donors (Lipinski definition) is 2. The van der Waals surface area contributed by atoms with E-state index in [-0.39, 0.29) is 18.4 Å². The van der Waals surface area contributed by atoms with E-state index >= 15 is 0 Å². The van der Waals surface area contributed by atoms with Crippen molar-refractivity contribution in [3.63, 3.8) is 0 Å². The first-order valence-corrected chi connectivity index (χ1v) is 10.2. The molecule has 150 valence electrons. The van der Waals surface area contributed by atoms with Crippen LogP contribution in [-0.2, 0) is 9.59 Å². The molecule has 9 heteroatoms. The van der Waals surface area contributed by atoms with E-state index in [4.69, 9.17) is 33.3 Å². The normalized spacial score (nSPS) is 14.6. The first-order valence-electron chi connectivity index (χ1n) is 8.64. The maximum Gasteiger partial charge on any atom is 0.263 e. The summed E-state index contributed by atoms with van der Waals surface area (Å²) in [7, 11) is 0. The molecule has 1 fully saturated rings. The topological polar surface area (TPSA) is 76.7 Å². The highest BCUT2D eigenvalue weighted by molar-refractivity contribution is 8.26. The third kappa shape index (κ3) is 5.96. The van der Waals surface area contributed by atoms with Crippen LogP contribution in [-0.4, -0.2) is 29.3 Å². The third-order valence-electron chi connectivity index (χ3n) is 3.67. The predicted molar refractivity (Wildman–Crippen MR) is 119 cm³/mol. The second-order valence-corrected chi connectivity index (χ2v) is 7.99. The average molecular weight is 449 g/mol. The fourth-order valence-electron chi connectivity index (χ4n) is 2.48. The number of rotatable bonds is 7. The number of ether oxygens (including phenoxy) is 2. The van der Waals surface area contributed by atoms with E-state index < -0.39 is 0 Å². The summed E-state index contributed by atoms with van der Waals surface area (Å²) in [5, 5.41) is 5.82. The van der Waals surface area contributed by atoms with Crippen LogP contribution in [0.4, 0.5) is 5.69 Å². The number of thiocarbonyl (C=S) groups is 1. The molecule has 0 aromatic heterocycles. The van der Waals surface area contributed by atoms with Gasteiger partial charge in [-0.3, -0.25) is 9.59 Å². The average Bonchev–Trinajstić information content (AvgIpc) is 2.98. The quantitative estimate of drug-likeness (QED) is 0.487. The number of nitrogens with one attached hydrogen (secondary N) is 2. The smallest absolute Gasteiger partial charge is 0.263 e. The number of hydrogen-bond acceptors (Lipinski definition) is 6. The third-order valence-corrected chi connectivity index (χ3v) is 5.07. The highest BCUT2D eigenvalue weighted by atomic mass is 35.5. The van der Waals surface area contributed by atoms with Gasteiger partial charge in [-0.25, -0.2) is 0 Å². The summed E-state index contributed by atoms with van der Waals surface area (Å²) in [6, 6.07) is 12.1. The summed E-state index contributed by atoms with van der Waals surface area (Å²) in [5.74, 6) is 0.349. The highest BCUT2D eigenvalue weighted by Crippen LogP contribution is 2.32. The first-order chi connectivity index (χ1) is 13.9. The Morgan fingerprint density at radius 3 is 2.76 bits per heavy atom. The number of thioether (sulfide) groups is 1. The van der Waals surface area contributed by atoms with Crippen molar-refractivity contribution >= 4 is 63.5 Å². The zero-order chi connectivity index (χ0) is 20.8. The lowest BCUT2D eigenvalue weighted by Gasteiger charge is -2.13. The minimum absolute atomic E-state index is 0.195. The fraction of sp³-hybridized carbons (Fsp3) is 0.150. The van der Waals surface area contributed by atoms with Crippen molar-refractivity contribution in [1.29, 1.82) is 0 Å². The molecule has 2 aromatic carbocycles. The van der Waals surface area contributed by atoms with E-state index in [1.54, 1.807) is 48.5 Å². The van der Waals surface area contributed by atoms with Crippen molar-refractivity contribution in [3.05, 3.63) is 58.0 Å². The monoisotopic (exact) mass is 448 g/mol. The minimum atomic E-state index is -0.326. The predicted octanol–water partition coefficient (Wildman–Crippen LogP) is 4.25. The Balaban J connectivity index is 1.68. The molecule has 1 aliphatic heterocycles. The molecule has 0 radical (unpaired) electrons. The van der Waals surface area contributed by atoms with Crippen molar-refractivity contribution in [2.75, 3.05) is 18.5 Å². The molecule has 6 nitrogen and oxygen atoms in total. The van der Waals surface area contributed by atoms with E-state index in [1.807, 2.05) is 6.92 Å². The number of benzene rings is 2. The Morgan fingerprint density at radius 2 is 2.07 bits per heavy atom. The van der Waals surface area contributed by atoms with Crippen molar-refractivity contribution in [2.45, 2.75) is 6.92 Å². The molecule has 0 unspecified atom stereocenters. The van der Waals surface area contributed by atoms with E-state index in [1.165, 1.54) is 11.8 Å². The van der Waals surface area contributed by atoms with Crippen LogP contribution in [0.3, 0.4) is 0 Å². The summed E-state index contributed by atoms with van der Waals surface area (Å²) in [5.41, 5.74) is 1.34. The molecular weight excluding hydrogens is 432 g/mol. The Bertz CT molecular complexity index is 994. The van der Waals surface area contributed by atoms with Crippen molar-refractivity contribution in [3.8, 4) is 11.5 Å². The molecule has 1 saturated heterocycles. The molecule has 2 aromatic rings. The van der Waals surface area contributed by atoms with Crippen molar-refractivity contribution in [1.82, 2.24) is 5.32 Å². The Labute approximate surface area is 182 Å². The maximum atomic E-state index is 12.1. The van der Waals surface area contributed by atoms with Gasteiger partial charge >= 0.3 is 0 Å².